The second-order valence-corrected chi connectivity index (χ2v) is 6.38. The van der Waals surface area contributed by atoms with Gasteiger partial charge in [-0.25, -0.2) is 4.98 Å². The van der Waals surface area contributed by atoms with E-state index in [1.807, 2.05) is 32.0 Å². The molecule has 136 valence electrons. The molecule has 2 aromatic rings. The second kappa shape index (κ2) is 9.80. The van der Waals surface area contributed by atoms with Crippen molar-refractivity contribution in [3.63, 3.8) is 0 Å². The zero-order chi connectivity index (χ0) is 18.9. The molecule has 0 aliphatic carbocycles. The summed E-state index contributed by atoms with van der Waals surface area (Å²) >= 11 is 1.23. The first-order valence-corrected chi connectivity index (χ1v) is 9.11. The van der Waals surface area contributed by atoms with Gasteiger partial charge in [-0.05, 0) is 37.6 Å². The van der Waals surface area contributed by atoms with Crippen LogP contribution in [0.3, 0.4) is 0 Å². The zero-order valence-corrected chi connectivity index (χ0v) is 15.9. The topological polar surface area (TPSA) is 84.2 Å². The van der Waals surface area contributed by atoms with Crippen LogP contribution in [-0.4, -0.2) is 30.4 Å². The van der Waals surface area contributed by atoms with Crippen LogP contribution in [0.25, 0.3) is 0 Å². The number of carbonyl (C=O) groups is 1. The molecule has 0 radical (unpaired) electrons. The number of aromatic nitrogens is 1. The first-order valence-electron chi connectivity index (χ1n) is 8.13. The van der Waals surface area contributed by atoms with Gasteiger partial charge in [0, 0.05) is 12.8 Å². The highest BCUT2D eigenvalue weighted by molar-refractivity contribution is 8.00. The van der Waals surface area contributed by atoms with Crippen LogP contribution in [0.5, 0.6) is 5.75 Å². The molecule has 1 aromatic heterocycles. The predicted octanol–water partition coefficient (Wildman–Crippen LogP) is 3.54. The third-order valence-electron chi connectivity index (χ3n) is 3.41. The summed E-state index contributed by atoms with van der Waals surface area (Å²) in [6.07, 6.45) is 0. The highest BCUT2D eigenvalue weighted by Crippen LogP contribution is 2.26. The van der Waals surface area contributed by atoms with Crippen molar-refractivity contribution in [3.05, 3.63) is 47.2 Å². The van der Waals surface area contributed by atoms with Gasteiger partial charge in [0.25, 0.3) is 0 Å². The normalized spacial score (nSPS) is 10.2. The van der Waals surface area contributed by atoms with E-state index in [1.165, 1.54) is 11.8 Å². The molecule has 7 heteroatoms. The maximum Gasteiger partial charge on any atom is 0.234 e. The molecule has 0 spiro atoms. The van der Waals surface area contributed by atoms with Crippen LogP contribution in [0.4, 0.5) is 5.69 Å². The van der Waals surface area contributed by atoms with Gasteiger partial charge < -0.3 is 14.8 Å². The lowest BCUT2D eigenvalue weighted by Gasteiger charge is -2.12. The lowest BCUT2D eigenvalue weighted by molar-refractivity contribution is -0.113. The fourth-order valence-corrected chi connectivity index (χ4v) is 3.24. The lowest BCUT2D eigenvalue weighted by Crippen LogP contribution is -2.15. The molecule has 0 fully saturated rings. The quantitative estimate of drug-likeness (QED) is 0.715. The Balaban J connectivity index is 2.09. The van der Waals surface area contributed by atoms with E-state index in [0.717, 1.165) is 11.3 Å². The van der Waals surface area contributed by atoms with Crippen molar-refractivity contribution in [2.75, 3.05) is 24.8 Å². The van der Waals surface area contributed by atoms with Crippen molar-refractivity contribution in [3.8, 4) is 11.8 Å². The molecule has 1 aromatic carbocycles. The lowest BCUT2D eigenvalue weighted by atomic mass is 10.1. The number of hydrogen-bond donors (Lipinski definition) is 1. The van der Waals surface area contributed by atoms with E-state index in [1.54, 1.807) is 19.2 Å². The summed E-state index contributed by atoms with van der Waals surface area (Å²) < 4.78 is 10.6. The number of amides is 1. The standard InChI is InChI=1S/C19H21N3O3S/c1-4-25-17-8-6-5-7-16(17)22-18(23)12-26-19-15(10-20)14(11-24-3)9-13(2)21-19/h5-9H,4,11-12H2,1-3H3,(H,22,23). The molecule has 0 bridgehead atoms. The zero-order valence-electron chi connectivity index (χ0n) is 15.0. The first-order chi connectivity index (χ1) is 12.6. The number of rotatable bonds is 8. The largest absolute Gasteiger partial charge is 0.492 e. The van der Waals surface area contributed by atoms with Crippen LogP contribution in [0.1, 0.15) is 23.7 Å². The molecular weight excluding hydrogens is 350 g/mol. The fourth-order valence-electron chi connectivity index (χ4n) is 2.37. The summed E-state index contributed by atoms with van der Waals surface area (Å²) in [5.41, 5.74) is 2.62. The Hall–Kier alpha value is -2.56. The number of aryl methyl sites for hydroxylation is 1. The molecule has 2 rings (SSSR count). The van der Waals surface area contributed by atoms with E-state index < -0.39 is 0 Å². The smallest absolute Gasteiger partial charge is 0.234 e. The number of pyridine rings is 1. The van der Waals surface area contributed by atoms with Gasteiger partial charge in [-0.2, -0.15) is 5.26 Å². The average molecular weight is 371 g/mol. The Labute approximate surface area is 157 Å². The Morgan fingerprint density at radius 1 is 1.38 bits per heavy atom. The van der Waals surface area contributed by atoms with E-state index in [4.69, 9.17) is 9.47 Å². The summed E-state index contributed by atoms with van der Waals surface area (Å²) in [6, 6.07) is 11.3. The molecule has 1 amide bonds. The second-order valence-electron chi connectivity index (χ2n) is 5.41. The van der Waals surface area contributed by atoms with Crippen molar-refractivity contribution in [1.82, 2.24) is 4.98 Å². The predicted molar refractivity (Wildman–Crippen MR) is 101 cm³/mol. The minimum Gasteiger partial charge on any atom is -0.492 e. The number of carbonyl (C=O) groups excluding carboxylic acids is 1. The molecule has 1 heterocycles. The molecular formula is C19H21N3O3S. The summed E-state index contributed by atoms with van der Waals surface area (Å²) in [6.45, 7) is 4.58. The SMILES string of the molecule is CCOc1ccccc1NC(=O)CSc1nc(C)cc(COC)c1C#N. The number of ether oxygens (including phenoxy) is 2. The van der Waals surface area contributed by atoms with Crippen molar-refractivity contribution in [1.29, 1.82) is 5.26 Å². The third kappa shape index (κ3) is 5.22. The third-order valence-corrected chi connectivity index (χ3v) is 4.38. The monoisotopic (exact) mass is 371 g/mol. The van der Waals surface area contributed by atoms with Gasteiger partial charge in [-0.1, -0.05) is 23.9 Å². The van der Waals surface area contributed by atoms with Crippen LogP contribution >= 0.6 is 11.8 Å². The summed E-state index contributed by atoms with van der Waals surface area (Å²) in [7, 11) is 1.58. The minimum absolute atomic E-state index is 0.137. The van der Waals surface area contributed by atoms with Crippen LogP contribution in [0.15, 0.2) is 35.4 Å². The Bertz CT molecular complexity index is 818. The highest BCUT2D eigenvalue weighted by atomic mass is 32.2. The number of nitrogens with zero attached hydrogens (tertiary/aromatic N) is 2. The Morgan fingerprint density at radius 3 is 2.85 bits per heavy atom. The fraction of sp³-hybridized carbons (Fsp3) is 0.316. The molecule has 0 aliphatic rings. The molecule has 0 unspecified atom stereocenters. The first kappa shape index (κ1) is 19.8. The molecule has 0 aliphatic heterocycles. The molecule has 1 N–H and O–H groups in total. The van der Waals surface area contributed by atoms with Crippen molar-refractivity contribution in [2.24, 2.45) is 0 Å². The molecule has 26 heavy (non-hydrogen) atoms. The van der Waals surface area contributed by atoms with E-state index in [9.17, 15) is 10.1 Å². The van der Waals surface area contributed by atoms with Crippen LogP contribution in [-0.2, 0) is 16.1 Å². The number of para-hydroxylation sites is 2. The van der Waals surface area contributed by atoms with E-state index in [0.29, 0.717) is 35.2 Å². The number of anilines is 1. The minimum atomic E-state index is -0.192. The van der Waals surface area contributed by atoms with Gasteiger partial charge in [-0.3, -0.25) is 4.79 Å². The number of methoxy groups -OCH3 is 1. The molecule has 0 atom stereocenters. The number of benzene rings is 1. The number of hydrogen-bond acceptors (Lipinski definition) is 6. The van der Waals surface area contributed by atoms with Crippen molar-refractivity contribution < 1.29 is 14.3 Å². The van der Waals surface area contributed by atoms with Crippen molar-refractivity contribution in [2.45, 2.75) is 25.5 Å². The van der Waals surface area contributed by atoms with Gasteiger partial charge in [0.15, 0.2) is 0 Å². The average Bonchev–Trinajstić information content (AvgIpc) is 2.62. The van der Waals surface area contributed by atoms with Gasteiger partial charge >= 0.3 is 0 Å². The van der Waals surface area contributed by atoms with Gasteiger partial charge in [-0.15, -0.1) is 0 Å². The number of nitriles is 1. The number of thioether (sulfide) groups is 1. The van der Waals surface area contributed by atoms with Gasteiger partial charge in [0.2, 0.25) is 5.91 Å². The Kier molecular flexibility index (Phi) is 7.45. The van der Waals surface area contributed by atoms with Crippen LogP contribution in [0, 0.1) is 18.3 Å². The Morgan fingerprint density at radius 2 is 2.15 bits per heavy atom. The van der Waals surface area contributed by atoms with Crippen molar-refractivity contribution >= 4 is 23.4 Å². The summed E-state index contributed by atoms with van der Waals surface area (Å²) in [4.78, 5) is 16.7. The van der Waals surface area contributed by atoms with Gasteiger partial charge in [0.1, 0.15) is 16.8 Å². The summed E-state index contributed by atoms with van der Waals surface area (Å²) in [5, 5.41) is 12.8. The highest BCUT2D eigenvalue weighted by Gasteiger charge is 2.14. The van der Waals surface area contributed by atoms with E-state index in [2.05, 4.69) is 16.4 Å². The number of nitrogens with one attached hydrogen (secondary N) is 1. The molecule has 6 nitrogen and oxygen atoms in total. The summed E-state index contributed by atoms with van der Waals surface area (Å²) in [5.74, 6) is 0.572. The molecule has 0 saturated carbocycles. The molecule has 0 saturated heterocycles. The van der Waals surface area contributed by atoms with E-state index in [-0.39, 0.29) is 11.7 Å². The van der Waals surface area contributed by atoms with Crippen LogP contribution in [0.2, 0.25) is 0 Å². The van der Waals surface area contributed by atoms with Gasteiger partial charge in [0.05, 0.1) is 30.2 Å². The maximum atomic E-state index is 12.3. The van der Waals surface area contributed by atoms with Crippen LogP contribution < -0.4 is 10.1 Å². The maximum absolute atomic E-state index is 12.3. The van der Waals surface area contributed by atoms with E-state index >= 15 is 0 Å².